The van der Waals surface area contributed by atoms with Crippen molar-refractivity contribution < 1.29 is 19.9 Å². The lowest BCUT2D eigenvalue weighted by molar-refractivity contribution is -0.892. The smallest absolute Gasteiger partial charge is 0.216 e. The van der Waals surface area contributed by atoms with E-state index in [1.165, 1.54) is 19.1 Å². The van der Waals surface area contributed by atoms with Crippen molar-refractivity contribution >= 4 is 23.1 Å². The second-order valence-corrected chi connectivity index (χ2v) is 6.84. The maximum atomic E-state index is 12.5. The number of phenolic OH excluding ortho intramolecular Hbond substituents is 1. The summed E-state index contributed by atoms with van der Waals surface area (Å²) in [4.78, 5) is 15.9. The lowest BCUT2D eigenvalue weighted by atomic mass is 10.0. The van der Waals surface area contributed by atoms with Gasteiger partial charge < -0.3 is 20.0 Å². The summed E-state index contributed by atoms with van der Waals surface area (Å²) in [6.45, 7) is 5.14. The maximum Gasteiger partial charge on any atom is 0.216 e. The largest absolute Gasteiger partial charge is 0.872 e. The van der Waals surface area contributed by atoms with Crippen molar-refractivity contribution in [1.82, 2.24) is 0 Å². The highest BCUT2D eigenvalue weighted by atomic mass is 35.5. The molecule has 25 heavy (non-hydrogen) atoms. The van der Waals surface area contributed by atoms with E-state index in [1.807, 2.05) is 24.3 Å². The van der Waals surface area contributed by atoms with Gasteiger partial charge >= 0.3 is 0 Å². The molecule has 3 rings (SSSR count). The summed E-state index contributed by atoms with van der Waals surface area (Å²) < 4.78 is 0. The number of rotatable bonds is 4. The van der Waals surface area contributed by atoms with Crippen LogP contribution in [0.25, 0.3) is 0 Å². The van der Waals surface area contributed by atoms with E-state index in [9.17, 15) is 15.0 Å². The van der Waals surface area contributed by atoms with Crippen molar-refractivity contribution in [2.45, 2.75) is 6.92 Å². The molecule has 0 aromatic heterocycles. The van der Waals surface area contributed by atoms with Gasteiger partial charge in [-0.25, -0.2) is 0 Å². The molecule has 0 spiro atoms. The minimum absolute atomic E-state index is 0.0657. The molecule has 2 aromatic rings. The highest BCUT2D eigenvalue weighted by molar-refractivity contribution is 6.30. The third-order valence-corrected chi connectivity index (χ3v) is 4.97. The Morgan fingerprint density at radius 2 is 2.00 bits per heavy atom. The predicted molar refractivity (Wildman–Crippen MR) is 95.8 cm³/mol. The Bertz CT molecular complexity index is 786. The van der Waals surface area contributed by atoms with Crippen LogP contribution in [-0.2, 0) is 0 Å². The summed E-state index contributed by atoms with van der Waals surface area (Å²) >= 11 is 6.04. The van der Waals surface area contributed by atoms with Gasteiger partial charge in [0.1, 0.15) is 12.3 Å². The number of benzene rings is 2. The van der Waals surface area contributed by atoms with Gasteiger partial charge in [0.15, 0.2) is 0 Å². The van der Waals surface area contributed by atoms with Gasteiger partial charge in [-0.2, -0.15) is 0 Å². The summed E-state index contributed by atoms with van der Waals surface area (Å²) in [5.41, 5.74) is 1.49. The number of hydrogen-bond donors (Lipinski definition) is 2. The molecular formula is C19H21ClN2O3. The topological polar surface area (TPSA) is 68.0 Å². The number of Topliss-reactive ketones (excluding diaryl/α,β-unsaturated/α-hetero) is 1. The number of anilines is 1. The first-order valence-corrected chi connectivity index (χ1v) is 8.70. The molecule has 1 heterocycles. The standard InChI is InChI=1S/C19H21ClN2O3/c1-13-17(23)6-5-16(19(13)25)18(24)12-21-7-9-22(10-8-21)15-4-2-3-14(20)11-15/h2-6,11,23,25H,7-10,12H2,1H3. The molecule has 2 N–H and O–H groups in total. The van der Waals surface area contributed by atoms with Crippen molar-refractivity contribution in [3.05, 3.63) is 52.5 Å². The Balaban J connectivity index is 1.61. The van der Waals surface area contributed by atoms with Gasteiger partial charge in [0, 0.05) is 16.3 Å². The van der Waals surface area contributed by atoms with E-state index >= 15 is 0 Å². The number of aromatic hydroxyl groups is 1. The summed E-state index contributed by atoms with van der Waals surface area (Å²) in [5, 5.41) is 22.4. The maximum absolute atomic E-state index is 12.5. The zero-order chi connectivity index (χ0) is 18.0. The van der Waals surface area contributed by atoms with Crippen LogP contribution < -0.4 is 14.9 Å². The Kier molecular flexibility index (Phi) is 5.16. The van der Waals surface area contributed by atoms with Crippen LogP contribution in [0.1, 0.15) is 15.9 Å². The quantitative estimate of drug-likeness (QED) is 0.799. The Morgan fingerprint density at radius 1 is 1.28 bits per heavy atom. The molecule has 1 fully saturated rings. The van der Waals surface area contributed by atoms with Crippen molar-refractivity contribution in [2.24, 2.45) is 0 Å². The van der Waals surface area contributed by atoms with Crippen LogP contribution in [0.5, 0.6) is 11.5 Å². The third kappa shape index (κ3) is 3.89. The second kappa shape index (κ2) is 7.33. The molecule has 0 atom stereocenters. The van der Waals surface area contributed by atoms with Crippen molar-refractivity contribution in [3.8, 4) is 11.5 Å². The van der Waals surface area contributed by atoms with Gasteiger partial charge in [-0.3, -0.25) is 4.79 Å². The minimum atomic E-state index is -0.373. The molecule has 0 bridgehead atoms. The number of ketones is 1. The number of quaternary nitrogens is 1. The van der Waals surface area contributed by atoms with Crippen LogP contribution in [0.2, 0.25) is 5.02 Å². The number of carbonyl (C=O) groups is 1. The van der Waals surface area contributed by atoms with E-state index < -0.39 is 0 Å². The van der Waals surface area contributed by atoms with Gasteiger partial charge in [0.05, 0.1) is 26.2 Å². The van der Waals surface area contributed by atoms with Crippen LogP contribution in [-0.4, -0.2) is 43.6 Å². The number of halogens is 1. The first-order chi connectivity index (χ1) is 12.0. The Hall–Kier alpha value is -2.24. The summed E-state index contributed by atoms with van der Waals surface area (Å²) in [6, 6.07) is 10.6. The second-order valence-electron chi connectivity index (χ2n) is 6.40. The lowest BCUT2D eigenvalue weighted by Crippen LogP contribution is -3.15. The first-order valence-electron chi connectivity index (χ1n) is 8.32. The van der Waals surface area contributed by atoms with Gasteiger partial charge in [-0.1, -0.05) is 23.4 Å². The summed E-state index contributed by atoms with van der Waals surface area (Å²) in [6.07, 6.45) is 0. The van der Waals surface area contributed by atoms with Gasteiger partial charge in [0.2, 0.25) is 5.78 Å². The fourth-order valence-electron chi connectivity index (χ4n) is 3.15. The predicted octanol–water partition coefficient (Wildman–Crippen LogP) is 1.02. The average Bonchev–Trinajstić information content (AvgIpc) is 2.60. The van der Waals surface area contributed by atoms with E-state index in [0.717, 1.165) is 36.8 Å². The molecule has 0 unspecified atom stereocenters. The minimum Gasteiger partial charge on any atom is -0.872 e. The van der Waals surface area contributed by atoms with Gasteiger partial charge in [0.25, 0.3) is 0 Å². The molecule has 1 saturated heterocycles. The fraction of sp³-hybridized carbons (Fsp3) is 0.316. The molecule has 132 valence electrons. The van der Waals surface area contributed by atoms with Crippen molar-refractivity contribution in [2.75, 3.05) is 37.6 Å². The zero-order valence-corrected chi connectivity index (χ0v) is 14.8. The van der Waals surface area contributed by atoms with Gasteiger partial charge in [-0.05, 0) is 42.8 Å². The number of piperazine rings is 1. The zero-order valence-electron chi connectivity index (χ0n) is 14.1. The van der Waals surface area contributed by atoms with Crippen LogP contribution in [0.3, 0.4) is 0 Å². The monoisotopic (exact) mass is 360 g/mol. The molecule has 0 radical (unpaired) electrons. The SMILES string of the molecule is Cc1c(O)ccc(C(=O)C[NH+]2CCN(c3cccc(Cl)c3)CC2)c1[O-]. The lowest BCUT2D eigenvalue weighted by Gasteiger charge is -2.33. The number of nitrogens with zero attached hydrogens (tertiary/aromatic N) is 1. The van der Waals surface area contributed by atoms with Crippen LogP contribution >= 0.6 is 11.6 Å². The van der Waals surface area contributed by atoms with E-state index in [4.69, 9.17) is 11.6 Å². The van der Waals surface area contributed by atoms with Crippen LogP contribution in [0.4, 0.5) is 5.69 Å². The number of nitrogens with one attached hydrogen (secondary N) is 1. The number of carbonyl (C=O) groups excluding carboxylic acids is 1. The molecule has 6 heteroatoms. The molecule has 0 aliphatic carbocycles. The van der Waals surface area contributed by atoms with E-state index in [0.29, 0.717) is 11.6 Å². The molecule has 5 nitrogen and oxygen atoms in total. The Morgan fingerprint density at radius 3 is 2.68 bits per heavy atom. The highest BCUT2D eigenvalue weighted by Crippen LogP contribution is 2.27. The molecule has 1 aliphatic heterocycles. The van der Waals surface area contributed by atoms with Gasteiger partial charge in [-0.15, -0.1) is 0 Å². The average molecular weight is 361 g/mol. The fourth-order valence-corrected chi connectivity index (χ4v) is 3.34. The number of phenols is 1. The number of hydrogen-bond acceptors (Lipinski definition) is 4. The normalized spacial score (nSPS) is 15.4. The van der Waals surface area contributed by atoms with E-state index in [2.05, 4.69) is 4.90 Å². The Labute approximate surface area is 152 Å². The van der Waals surface area contributed by atoms with E-state index in [-0.39, 0.29) is 28.4 Å². The van der Waals surface area contributed by atoms with E-state index in [1.54, 1.807) is 0 Å². The first kappa shape index (κ1) is 17.6. The van der Waals surface area contributed by atoms with Crippen molar-refractivity contribution in [1.29, 1.82) is 0 Å². The molecule has 0 amide bonds. The summed E-state index contributed by atoms with van der Waals surface area (Å²) in [5.74, 6) is -0.606. The molecule has 2 aromatic carbocycles. The molecule has 1 aliphatic rings. The molecular weight excluding hydrogens is 340 g/mol. The van der Waals surface area contributed by atoms with Crippen LogP contribution in [0, 0.1) is 6.92 Å². The van der Waals surface area contributed by atoms with Crippen molar-refractivity contribution in [3.63, 3.8) is 0 Å². The van der Waals surface area contributed by atoms with Crippen LogP contribution in [0.15, 0.2) is 36.4 Å². The molecule has 0 saturated carbocycles. The highest BCUT2D eigenvalue weighted by Gasteiger charge is 2.23. The third-order valence-electron chi connectivity index (χ3n) is 4.73. The summed E-state index contributed by atoms with van der Waals surface area (Å²) in [7, 11) is 0.